The average Bonchev–Trinajstić information content (AvgIpc) is 3.10. The molecule has 8 heteroatoms. The van der Waals surface area contributed by atoms with Gasteiger partial charge in [-0.25, -0.2) is 0 Å². The van der Waals surface area contributed by atoms with Crippen LogP contribution in [0.3, 0.4) is 0 Å². The van der Waals surface area contributed by atoms with Gasteiger partial charge >= 0.3 is 6.18 Å². The summed E-state index contributed by atoms with van der Waals surface area (Å²) in [5, 5.41) is 16.7. The number of hydrogen-bond acceptors (Lipinski definition) is 4. The molecule has 1 aliphatic heterocycles. The minimum Gasteiger partial charge on any atom is -0.420 e. The van der Waals surface area contributed by atoms with Crippen LogP contribution < -0.4 is 10.5 Å². The van der Waals surface area contributed by atoms with Crippen molar-refractivity contribution in [2.24, 2.45) is 5.73 Å². The topological polar surface area (TPSA) is 87.7 Å². The van der Waals surface area contributed by atoms with Crippen molar-refractivity contribution in [3.8, 4) is 23.2 Å². The highest BCUT2D eigenvalue weighted by atomic mass is 19.4. The van der Waals surface area contributed by atoms with Gasteiger partial charge in [-0.15, -0.1) is 5.10 Å². The molecule has 1 atom stereocenters. The number of H-pyrrole nitrogens is 1. The van der Waals surface area contributed by atoms with Crippen molar-refractivity contribution in [1.29, 1.82) is 5.26 Å². The van der Waals surface area contributed by atoms with Crippen LogP contribution in [0.1, 0.15) is 28.2 Å². The largest absolute Gasteiger partial charge is 0.420 e. The Balaban J connectivity index is 1.88. The maximum atomic E-state index is 13.0. The van der Waals surface area contributed by atoms with E-state index < -0.39 is 17.7 Å². The fraction of sp³-hybridized carbons (Fsp3) is 0.143. The van der Waals surface area contributed by atoms with Crippen LogP contribution in [0.5, 0.6) is 5.88 Å². The summed E-state index contributed by atoms with van der Waals surface area (Å²) < 4.78 is 44.4. The lowest BCUT2D eigenvalue weighted by Crippen LogP contribution is -2.21. The maximum absolute atomic E-state index is 13.0. The summed E-state index contributed by atoms with van der Waals surface area (Å²) in [6.45, 7) is 1.96. The van der Waals surface area contributed by atoms with Gasteiger partial charge in [-0.3, -0.25) is 5.10 Å². The second kappa shape index (κ2) is 6.71. The number of aromatic nitrogens is 2. The molecular weight excluding hydrogens is 381 g/mol. The molecule has 0 bridgehead atoms. The van der Waals surface area contributed by atoms with Crippen LogP contribution >= 0.6 is 0 Å². The zero-order valence-corrected chi connectivity index (χ0v) is 15.2. The number of ether oxygens (including phenoxy) is 1. The lowest BCUT2D eigenvalue weighted by molar-refractivity contribution is -0.137. The van der Waals surface area contributed by atoms with E-state index in [9.17, 15) is 18.4 Å². The second-order valence-electron chi connectivity index (χ2n) is 6.73. The number of aryl methyl sites for hydroxylation is 1. The number of rotatable bonds is 2. The van der Waals surface area contributed by atoms with Crippen LogP contribution in [-0.2, 0) is 6.18 Å². The first kappa shape index (κ1) is 18.6. The average molecular weight is 396 g/mol. The predicted octanol–water partition coefficient (Wildman–Crippen LogP) is 4.62. The van der Waals surface area contributed by atoms with Gasteiger partial charge in [0.05, 0.1) is 22.7 Å². The van der Waals surface area contributed by atoms with Crippen molar-refractivity contribution >= 4 is 0 Å². The van der Waals surface area contributed by atoms with Crippen LogP contribution in [0.25, 0.3) is 11.3 Å². The quantitative estimate of drug-likeness (QED) is 0.662. The third kappa shape index (κ3) is 3.21. The SMILES string of the molecule is Cc1ccc(-c2[nH]nc3c2C(c2ccc(C(F)(F)F)cc2)C(C#N)=C(N)O3)cc1. The van der Waals surface area contributed by atoms with Gasteiger partial charge in [0.15, 0.2) is 0 Å². The van der Waals surface area contributed by atoms with Gasteiger partial charge in [-0.05, 0) is 24.6 Å². The molecule has 2 aromatic carbocycles. The van der Waals surface area contributed by atoms with Gasteiger partial charge in [0.25, 0.3) is 0 Å². The van der Waals surface area contributed by atoms with E-state index in [4.69, 9.17) is 10.5 Å². The predicted molar refractivity (Wildman–Crippen MR) is 99.5 cm³/mol. The number of nitrogens with one attached hydrogen (secondary N) is 1. The van der Waals surface area contributed by atoms with Gasteiger partial charge in [0.2, 0.25) is 11.8 Å². The lowest BCUT2D eigenvalue weighted by Gasteiger charge is -2.24. The number of aromatic amines is 1. The molecule has 1 unspecified atom stereocenters. The summed E-state index contributed by atoms with van der Waals surface area (Å²) in [4.78, 5) is 0. The van der Waals surface area contributed by atoms with Crippen molar-refractivity contribution in [2.75, 3.05) is 0 Å². The second-order valence-corrected chi connectivity index (χ2v) is 6.73. The standard InChI is InChI=1S/C21H15F3N4O/c1-11-2-4-13(5-3-11)18-17-16(12-6-8-14(9-7-12)21(22,23)24)15(10-25)19(26)29-20(17)28-27-18/h2-9,16H,26H2,1H3,(H,27,28). The van der Waals surface area contributed by atoms with Crippen LogP contribution in [-0.4, -0.2) is 10.2 Å². The van der Waals surface area contributed by atoms with E-state index in [0.29, 0.717) is 16.8 Å². The molecule has 1 aromatic heterocycles. The van der Waals surface area contributed by atoms with Gasteiger partial charge in [0, 0.05) is 5.56 Å². The number of hydrogen-bond donors (Lipinski definition) is 2. The van der Waals surface area contributed by atoms with Gasteiger partial charge in [-0.2, -0.15) is 18.4 Å². The molecule has 0 radical (unpaired) electrons. The van der Waals surface area contributed by atoms with Crippen LogP contribution in [0.2, 0.25) is 0 Å². The van der Waals surface area contributed by atoms with E-state index in [2.05, 4.69) is 10.2 Å². The molecule has 0 aliphatic carbocycles. The number of benzene rings is 2. The molecule has 0 amide bonds. The van der Waals surface area contributed by atoms with Crippen molar-refractivity contribution in [1.82, 2.24) is 10.2 Å². The zero-order chi connectivity index (χ0) is 20.8. The number of fused-ring (bicyclic) bond motifs is 1. The fourth-order valence-electron chi connectivity index (χ4n) is 3.38. The van der Waals surface area contributed by atoms with Crippen molar-refractivity contribution < 1.29 is 17.9 Å². The van der Waals surface area contributed by atoms with Gasteiger partial charge < -0.3 is 10.5 Å². The van der Waals surface area contributed by atoms with E-state index in [1.165, 1.54) is 12.1 Å². The van der Waals surface area contributed by atoms with Crippen LogP contribution in [0.15, 0.2) is 60.0 Å². The normalized spacial score (nSPS) is 16.2. The van der Waals surface area contributed by atoms with E-state index in [1.54, 1.807) is 0 Å². The Labute approximate surface area is 164 Å². The van der Waals surface area contributed by atoms with Crippen molar-refractivity contribution in [2.45, 2.75) is 19.0 Å². The molecular formula is C21H15F3N4O. The Morgan fingerprint density at radius 1 is 1.10 bits per heavy atom. The smallest absolute Gasteiger partial charge is 0.416 e. The summed E-state index contributed by atoms with van der Waals surface area (Å²) in [5.41, 5.74) is 8.78. The number of allylic oxidation sites excluding steroid dienone is 1. The fourth-order valence-corrected chi connectivity index (χ4v) is 3.38. The molecule has 3 aromatic rings. The number of alkyl halides is 3. The van der Waals surface area contributed by atoms with Crippen molar-refractivity contribution in [3.63, 3.8) is 0 Å². The van der Waals surface area contributed by atoms with Crippen LogP contribution in [0.4, 0.5) is 13.2 Å². The van der Waals surface area contributed by atoms with E-state index in [0.717, 1.165) is 23.3 Å². The van der Waals surface area contributed by atoms with E-state index in [1.807, 2.05) is 37.3 Å². The third-order valence-corrected chi connectivity index (χ3v) is 4.85. The molecule has 2 heterocycles. The molecule has 0 saturated heterocycles. The molecule has 4 rings (SSSR count). The molecule has 3 N–H and O–H groups in total. The maximum Gasteiger partial charge on any atom is 0.416 e. The zero-order valence-electron chi connectivity index (χ0n) is 15.2. The lowest BCUT2D eigenvalue weighted by atomic mass is 9.82. The Hall–Kier alpha value is -3.73. The number of nitrogens with zero attached hydrogens (tertiary/aromatic N) is 2. The highest BCUT2D eigenvalue weighted by Gasteiger charge is 2.36. The minimum atomic E-state index is -4.45. The number of nitriles is 1. The van der Waals surface area contributed by atoms with Gasteiger partial charge in [0.1, 0.15) is 11.6 Å². The summed E-state index contributed by atoms with van der Waals surface area (Å²) in [5.74, 6) is -0.630. The van der Waals surface area contributed by atoms with Crippen LogP contribution in [0, 0.1) is 18.3 Å². The molecule has 5 nitrogen and oxygen atoms in total. The van der Waals surface area contributed by atoms with E-state index in [-0.39, 0.29) is 17.3 Å². The first-order valence-corrected chi connectivity index (χ1v) is 8.69. The highest BCUT2D eigenvalue weighted by molar-refractivity contribution is 5.71. The van der Waals surface area contributed by atoms with E-state index >= 15 is 0 Å². The molecule has 0 saturated carbocycles. The minimum absolute atomic E-state index is 0.118. The van der Waals surface area contributed by atoms with Gasteiger partial charge in [-0.1, -0.05) is 42.0 Å². The Morgan fingerprint density at radius 2 is 1.76 bits per heavy atom. The highest BCUT2D eigenvalue weighted by Crippen LogP contribution is 2.46. The molecule has 146 valence electrons. The Kier molecular flexibility index (Phi) is 4.31. The first-order chi connectivity index (χ1) is 13.8. The molecule has 1 aliphatic rings. The molecule has 0 spiro atoms. The third-order valence-electron chi connectivity index (χ3n) is 4.85. The first-order valence-electron chi connectivity index (χ1n) is 8.69. The Morgan fingerprint density at radius 3 is 2.34 bits per heavy atom. The monoisotopic (exact) mass is 396 g/mol. The molecule has 0 fully saturated rings. The summed E-state index contributed by atoms with van der Waals surface area (Å²) in [7, 11) is 0. The van der Waals surface area contributed by atoms with Crippen molar-refractivity contribution in [3.05, 3.63) is 82.2 Å². The summed E-state index contributed by atoms with van der Waals surface area (Å²) in [6, 6.07) is 14.3. The number of halogens is 3. The molecule has 29 heavy (non-hydrogen) atoms. The number of nitrogens with two attached hydrogens (primary N) is 1. The Bertz CT molecular complexity index is 1140. The summed E-state index contributed by atoms with van der Waals surface area (Å²) in [6.07, 6.45) is -4.45. The summed E-state index contributed by atoms with van der Waals surface area (Å²) >= 11 is 0.